The number of nitrogens with two attached hydrogens (primary N) is 1. The van der Waals surface area contributed by atoms with Crippen LogP contribution in [-0.4, -0.2) is 37.2 Å². The molecular formula is C9H23N3. The van der Waals surface area contributed by atoms with Crippen molar-refractivity contribution in [3.63, 3.8) is 0 Å². The lowest BCUT2D eigenvalue weighted by Crippen LogP contribution is -2.46. The summed E-state index contributed by atoms with van der Waals surface area (Å²) in [6, 6.07) is 0.267. The maximum Gasteiger partial charge on any atom is 0.0609 e. The summed E-state index contributed by atoms with van der Waals surface area (Å²) in [6.07, 6.45) is 1.44. The third-order valence-corrected chi connectivity index (χ3v) is 2.07. The summed E-state index contributed by atoms with van der Waals surface area (Å²) in [5.41, 5.74) is 5.75. The van der Waals surface area contributed by atoms with Crippen LogP contribution in [0.2, 0.25) is 0 Å². The SMILES string of the molecule is CCNC(C[C@@H](C)N)N(C)CC. The summed E-state index contributed by atoms with van der Waals surface area (Å²) < 4.78 is 0. The first-order valence-electron chi connectivity index (χ1n) is 4.81. The fourth-order valence-corrected chi connectivity index (χ4v) is 1.23. The van der Waals surface area contributed by atoms with E-state index in [9.17, 15) is 0 Å². The minimum absolute atomic E-state index is 0.267. The van der Waals surface area contributed by atoms with E-state index >= 15 is 0 Å². The predicted octanol–water partition coefficient (Wildman–Crippen LogP) is 0.611. The lowest BCUT2D eigenvalue weighted by atomic mass is 10.2. The molecule has 0 aromatic rings. The van der Waals surface area contributed by atoms with Gasteiger partial charge in [0.15, 0.2) is 0 Å². The molecule has 0 aliphatic rings. The first-order chi connectivity index (χ1) is 5.61. The third kappa shape index (κ3) is 4.70. The van der Waals surface area contributed by atoms with Crippen molar-refractivity contribution in [2.24, 2.45) is 5.73 Å². The standard InChI is InChI=1S/C9H23N3/c1-5-11-9(7-8(3)10)12(4)6-2/h8-9,11H,5-7,10H2,1-4H3/t8-,9?/m1/s1. The van der Waals surface area contributed by atoms with E-state index in [2.05, 4.69) is 31.1 Å². The van der Waals surface area contributed by atoms with Crippen LogP contribution in [0.15, 0.2) is 0 Å². The lowest BCUT2D eigenvalue weighted by Gasteiger charge is -2.28. The van der Waals surface area contributed by atoms with Crippen molar-refractivity contribution in [1.29, 1.82) is 0 Å². The van der Waals surface area contributed by atoms with E-state index in [1.54, 1.807) is 0 Å². The van der Waals surface area contributed by atoms with E-state index in [0.29, 0.717) is 6.17 Å². The molecule has 3 N–H and O–H groups in total. The predicted molar refractivity (Wildman–Crippen MR) is 54.0 cm³/mol. The van der Waals surface area contributed by atoms with Crippen LogP contribution < -0.4 is 11.1 Å². The molecule has 0 spiro atoms. The second-order valence-electron chi connectivity index (χ2n) is 3.36. The Morgan fingerprint density at radius 3 is 2.33 bits per heavy atom. The molecule has 0 saturated carbocycles. The van der Waals surface area contributed by atoms with Crippen LogP contribution in [0.3, 0.4) is 0 Å². The Balaban J connectivity index is 3.84. The molecular weight excluding hydrogens is 150 g/mol. The molecule has 0 saturated heterocycles. The minimum Gasteiger partial charge on any atom is -0.328 e. The van der Waals surface area contributed by atoms with Crippen molar-refractivity contribution < 1.29 is 0 Å². The fraction of sp³-hybridized carbons (Fsp3) is 1.00. The normalized spacial score (nSPS) is 16.5. The number of rotatable bonds is 6. The zero-order valence-corrected chi connectivity index (χ0v) is 8.80. The van der Waals surface area contributed by atoms with Gasteiger partial charge in [0.1, 0.15) is 0 Å². The molecule has 0 bridgehead atoms. The highest BCUT2D eigenvalue weighted by atomic mass is 15.2. The van der Waals surface area contributed by atoms with Gasteiger partial charge in [-0.2, -0.15) is 0 Å². The number of nitrogens with one attached hydrogen (secondary N) is 1. The molecule has 0 aliphatic carbocycles. The first-order valence-corrected chi connectivity index (χ1v) is 4.81. The molecule has 74 valence electrons. The van der Waals surface area contributed by atoms with Crippen LogP contribution in [0.1, 0.15) is 27.2 Å². The molecule has 12 heavy (non-hydrogen) atoms. The molecule has 2 atom stereocenters. The summed E-state index contributed by atoms with van der Waals surface area (Å²) in [6.45, 7) is 8.39. The van der Waals surface area contributed by atoms with Gasteiger partial charge < -0.3 is 11.1 Å². The highest BCUT2D eigenvalue weighted by molar-refractivity contribution is 4.69. The highest BCUT2D eigenvalue weighted by Crippen LogP contribution is 2.00. The Hall–Kier alpha value is -0.120. The Bertz CT molecular complexity index is 104. The molecule has 0 radical (unpaired) electrons. The molecule has 3 heteroatoms. The van der Waals surface area contributed by atoms with Gasteiger partial charge in [-0.05, 0) is 33.5 Å². The summed E-state index contributed by atoms with van der Waals surface area (Å²) in [4.78, 5) is 2.28. The first kappa shape index (κ1) is 11.9. The molecule has 3 nitrogen and oxygen atoms in total. The van der Waals surface area contributed by atoms with Gasteiger partial charge in [-0.15, -0.1) is 0 Å². The number of nitrogens with zero attached hydrogens (tertiary/aromatic N) is 1. The van der Waals surface area contributed by atoms with Crippen molar-refractivity contribution in [3.05, 3.63) is 0 Å². The average molecular weight is 173 g/mol. The Kier molecular flexibility index (Phi) is 6.34. The second-order valence-corrected chi connectivity index (χ2v) is 3.36. The van der Waals surface area contributed by atoms with Crippen LogP contribution in [-0.2, 0) is 0 Å². The molecule has 0 aliphatic heterocycles. The van der Waals surface area contributed by atoms with Crippen molar-refractivity contribution in [3.8, 4) is 0 Å². The van der Waals surface area contributed by atoms with Crippen LogP contribution in [0.5, 0.6) is 0 Å². The second kappa shape index (κ2) is 6.40. The third-order valence-electron chi connectivity index (χ3n) is 2.07. The smallest absolute Gasteiger partial charge is 0.0609 e. The minimum atomic E-state index is 0.267. The Morgan fingerprint density at radius 2 is 2.00 bits per heavy atom. The van der Waals surface area contributed by atoms with Crippen LogP contribution in [0, 0.1) is 0 Å². The van der Waals surface area contributed by atoms with Gasteiger partial charge >= 0.3 is 0 Å². The fourth-order valence-electron chi connectivity index (χ4n) is 1.23. The van der Waals surface area contributed by atoms with Crippen molar-refractivity contribution in [2.75, 3.05) is 20.1 Å². The molecule has 0 fully saturated rings. The molecule has 0 aromatic carbocycles. The molecule has 0 aromatic heterocycles. The lowest BCUT2D eigenvalue weighted by molar-refractivity contribution is 0.197. The zero-order valence-electron chi connectivity index (χ0n) is 8.80. The number of hydrogen-bond acceptors (Lipinski definition) is 3. The monoisotopic (exact) mass is 173 g/mol. The average Bonchev–Trinajstić information content (AvgIpc) is 2.01. The molecule has 0 heterocycles. The van der Waals surface area contributed by atoms with Crippen molar-refractivity contribution >= 4 is 0 Å². The van der Waals surface area contributed by atoms with E-state index in [4.69, 9.17) is 5.73 Å². The van der Waals surface area contributed by atoms with Crippen molar-refractivity contribution in [1.82, 2.24) is 10.2 Å². The van der Waals surface area contributed by atoms with Crippen LogP contribution >= 0.6 is 0 Å². The van der Waals surface area contributed by atoms with Gasteiger partial charge in [0, 0.05) is 6.04 Å². The van der Waals surface area contributed by atoms with E-state index in [0.717, 1.165) is 19.5 Å². The van der Waals surface area contributed by atoms with Gasteiger partial charge in [0.05, 0.1) is 6.17 Å². The van der Waals surface area contributed by atoms with E-state index < -0.39 is 0 Å². The summed E-state index contributed by atoms with van der Waals surface area (Å²) in [5.74, 6) is 0. The van der Waals surface area contributed by atoms with E-state index in [-0.39, 0.29) is 6.04 Å². The molecule has 0 amide bonds. The molecule has 0 rings (SSSR count). The Morgan fingerprint density at radius 1 is 1.42 bits per heavy atom. The summed E-state index contributed by atoms with van der Waals surface area (Å²) >= 11 is 0. The quantitative estimate of drug-likeness (QED) is 0.578. The zero-order chi connectivity index (χ0) is 9.56. The molecule has 1 unspecified atom stereocenters. The number of hydrogen-bond donors (Lipinski definition) is 2. The van der Waals surface area contributed by atoms with Gasteiger partial charge in [-0.1, -0.05) is 13.8 Å². The van der Waals surface area contributed by atoms with Gasteiger partial charge in [0.25, 0.3) is 0 Å². The van der Waals surface area contributed by atoms with Gasteiger partial charge in [-0.25, -0.2) is 0 Å². The van der Waals surface area contributed by atoms with Crippen LogP contribution in [0.25, 0.3) is 0 Å². The van der Waals surface area contributed by atoms with Crippen molar-refractivity contribution in [2.45, 2.75) is 39.4 Å². The van der Waals surface area contributed by atoms with E-state index in [1.807, 2.05) is 6.92 Å². The highest BCUT2D eigenvalue weighted by Gasteiger charge is 2.12. The maximum atomic E-state index is 5.75. The Labute approximate surface area is 76.3 Å². The summed E-state index contributed by atoms with van der Waals surface area (Å²) in [7, 11) is 2.12. The van der Waals surface area contributed by atoms with Gasteiger partial charge in [-0.3, -0.25) is 4.90 Å². The topological polar surface area (TPSA) is 41.3 Å². The van der Waals surface area contributed by atoms with E-state index in [1.165, 1.54) is 0 Å². The van der Waals surface area contributed by atoms with Crippen LogP contribution in [0.4, 0.5) is 0 Å². The summed E-state index contributed by atoms with van der Waals surface area (Å²) in [5, 5.41) is 3.41. The maximum absolute atomic E-state index is 5.75. The largest absolute Gasteiger partial charge is 0.328 e. The van der Waals surface area contributed by atoms with Gasteiger partial charge in [0.2, 0.25) is 0 Å².